The van der Waals surface area contributed by atoms with E-state index in [2.05, 4.69) is 17.1 Å². The molecule has 3 amide bonds. The Labute approximate surface area is 255 Å². The van der Waals surface area contributed by atoms with Crippen molar-refractivity contribution in [2.24, 2.45) is 5.92 Å². The average Bonchev–Trinajstić information content (AvgIpc) is 2.95. The van der Waals surface area contributed by atoms with Gasteiger partial charge in [0.2, 0.25) is 0 Å². The van der Waals surface area contributed by atoms with Gasteiger partial charge in [0.15, 0.2) is 0 Å². The number of anilines is 3. The molecule has 43 heavy (non-hydrogen) atoms. The second kappa shape index (κ2) is 14.5. The molecule has 4 rings (SSSR count). The van der Waals surface area contributed by atoms with Crippen LogP contribution in [0.3, 0.4) is 0 Å². The first-order valence-corrected chi connectivity index (χ1v) is 15.2. The summed E-state index contributed by atoms with van der Waals surface area (Å²) >= 11 is 0. The van der Waals surface area contributed by atoms with Crippen LogP contribution >= 0.6 is 0 Å². The molecule has 1 N–H and O–H groups in total. The molecule has 3 aromatic rings. The van der Waals surface area contributed by atoms with Crippen molar-refractivity contribution in [3.8, 4) is 0 Å². The summed E-state index contributed by atoms with van der Waals surface area (Å²) in [5.74, 6) is 0.294. The highest BCUT2D eigenvalue weighted by Crippen LogP contribution is 2.34. The summed E-state index contributed by atoms with van der Waals surface area (Å²) in [6.45, 7) is 13.7. The fourth-order valence-electron chi connectivity index (χ4n) is 5.22. The molecule has 8 heteroatoms. The molecule has 1 heterocycles. The molecule has 7 nitrogen and oxygen atoms in total. The Morgan fingerprint density at radius 2 is 1.70 bits per heavy atom. The zero-order chi connectivity index (χ0) is 31.0. The topological polar surface area (TPSA) is 65.1 Å². The van der Waals surface area contributed by atoms with E-state index in [-0.39, 0.29) is 6.03 Å². The van der Waals surface area contributed by atoms with E-state index in [0.717, 1.165) is 43.1 Å². The molecular weight excluding hydrogens is 543 g/mol. The van der Waals surface area contributed by atoms with Crippen molar-refractivity contribution in [3.63, 3.8) is 0 Å². The Hall–Kier alpha value is -3.91. The molecule has 0 radical (unpaired) electrons. The van der Waals surface area contributed by atoms with Gasteiger partial charge in [-0.2, -0.15) is 0 Å². The third kappa shape index (κ3) is 9.55. The SMILES string of the molecule is Cc1ccc(CN(CCCN2CCC(C)CC2)C(=O)N(c2cccc(F)c2)c2ccccc2NC(=O)OC(C)(C)C)cc1. The Bertz CT molecular complexity index is 1360. The number of rotatable bonds is 9. The van der Waals surface area contributed by atoms with Gasteiger partial charge in [-0.25, -0.2) is 14.0 Å². The lowest BCUT2D eigenvalue weighted by molar-refractivity contribution is 0.0636. The van der Waals surface area contributed by atoms with Gasteiger partial charge in [0.1, 0.15) is 11.4 Å². The van der Waals surface area contributed by atoms with Crippen LogP contribution in [0.25, 0.3) is 0 Å². The van der Waals surface area contributed by atoms with Crippen molar-refractivity contribution in [2.75, 3.05) is 36.4 Å². The number of likely N-dealkylation sites (tertiary alicyclic amines) is 1. The number of urea groups is 1. The van der Waals surface area contributed by atoms with E-state index in [1.54, 1.807) is 57.2 Å². The quantitative estimate of drug-likeness (QED) is 0.273. The number of para-hydroxylation sites is 2. The average molecular weight is 589 g/mol. The van der Waals surface area contributed by atoms with Crippen LogP contribution in [-0.2, 0) is 11.3 Å². The first-order valence-electron chi connectivity index (χ1n) is 15.2. The molecule has 1 fully saturated rings. The van der Waals surface area contributed by atoms with Gasteiger partial charge in [-0.1, -0.05) is 55.0 Å². The minimum Gasteiger partial charge on any atom is -0.444 e. The van der Waals surface area contributed by atoms with Crippen LogP contribution in [0.4, 0.5) is 31.0 Å². The van der Waals surface area contributed by atoms with Crippen molar-refractivity contribution in [1.82, 2.24) is 9.80 Å². The molecule has 1 saturated heterocycles. The number of ether oxygens (including phenoxy) is 1. The second-order valence-corrected chi connectivity index (χ2v) is 12.5. The van der Waals surface area contributed by atoms with Crippen molar-refractivity contribution in [2.45, 2.75) is 66.0 Å². The molecule has 3 aromatic carbocycles. The van der Waals surface area contributed by atoms with E-state index < -0.39 is 17.5 Å². The lowest BCUT2D eigenvalue weighted by Gasteiger charge is -2.34. The molecule has 0 saturated carbocycles. The van der Waals surface area contributed by atoms with Gasteiger partial charge in [0, 0.05) is 13.1 Å². The highest BCUT2D eigenvalue weighted by atomic mass is 19.1. The maximum absolute atomic E-state index is 14.6. The number of nitrogens with zero attached hydrogens (tertiary/aromatic N) is 3. The maximum atomic E-state index is 14.6. The summed E-state index contributed by atoms with van der Waals surface area (Å²) in [5, 5.41) is 2.80. The molecule has 1 aliphatic rings. The third-order valence-electron chi connectivity index (χ3n) is 7.58. The van der Waals surface area contributed by atoms with E-state index in [1.165, 1.54) is 29.9 Å². The van der Waals surface area contributed by atoms with E-state index in [0.29, 0.717) is 30.2 Å². The Balaban J connectivity index is 1.66. The first kappa shape index (κ1) is 32.0. The largest absolute Gasteiger partial charge is 0.444 e. The van der Waals surface area contributed by atoms with Crippen molar-refractivity contribution in [3.05, 3.63) is 89.7 Å². The van der Waals surface area contributed by atoms with Gasteiger partial charge < -0.3 is 14.5 Å². The van der Waals surface area contributed by atoms with Gasteiger partial charge in [0.05, 0.1) is 17.1 Å². The molecule has 0 bridgehead atoms. The number of hydrogen-bond acceptors (Lipinski definition) is 4. The van der Waals surface area contributed by atoms with Gasteiger partial charge in [-0.15, -0.1) is 0 Å². The van der Waals surface area contributed by atoms with Crippen molar-refractivity contribution in [1.29, 1.82) is 0 Å². The second-order valence-electron chi connectivity index (χ2n) is 12.5. The number of hydrogen-bond donors (Lipinski definition) is 1. The number of aryl methyl sites for hydroxylation is 1. The molecule has 0 unspecified atom stereocenters. The molecule has 1 aliphatic heterocycles. The standard InChI is InChI=1S/C35H45FN4O3/c1-26-14-16-28(17-15-26)25-39(21-9-20-38-22-18-27(2)19-23-38)34(42)40(30-11-8-10-29(36)24-30)32-13-7-6-12-31(32)37-33(41)43-35(3,4)5/h6-8,10-17,24,27H,9,18-23,25H2,1-5H3,(H,37,41). The fourth-order valence-corrected chi connectivity index (χ4v) is 5.22. The minimum atomic E-state index is -0.700. The van der Waals surface area contributed by atoms with Crippen molar-refractivity contribution >= 4 is 29.2 Å². The summed E-state index contributed by atoms with van der Waals surface area (Å²) in [4.78, 5) is 33.1. The Morgan fingerprint density at radius 1 is 1.00 bits per heavy atom. The highest BCUT2D eigenvalue weighted by molar-refractivity contribution is 6.04. The Kier molecular flexibility index (Phi) is 10.8. The molecule has 0 spiro atoms. The fraction of sp³-hybridized carbons (Fsp3) is 0.429. The summed E-state index contributed by atoms with van der Waals surface area (Å²) in [6.07, 6.45) is 2.56. The Morgan fingerprint density at radius 3 is 2.37 bits per heavy atom. The third-order valence-corrected chi connectivity index (χ3v) is 7.58. The molecule has 0 atom stereocenters. The maximum Gasteiger partial charge on any atom is 0.412 e. The van der Waals surface area contributed by atoms with Crippen LogP contribution in [-0.4, -0.2) is 53.7 Å². The van der Waals surface area contributed by atoms with E-state index >= 15 is 0 Å². The normalized spacial score (nSPS) is 14.3. The number of carbonyl (C=O) groups excluding carboxylic acids is 2. The monoisotopic (exact) mass is 588 g/mol. The summed E-state index contributed by atoms with van der Waals surface area (Å²) < 4.78 is 20.1. The molecule has 0 aromatic heterocycles. The number of piperidine rings is 1. The van der Waals surface area contributed by atoms with Crippen LogP contribution in [0.15, 0.2) is 72.8 Å². The van der Waals surface area contributed by atoms with E-state index in [1.807, 2.05) is 36.1 Å². The summed E-state index contributed by atoms with van der Waals surface area (Å²) in [7, 11) is 0. The number of nitrogens with one attached hydrogen (secondary N) is 1. The minimum absolute atomic E-state index is 0.308. The number of halogens is 1. The van der Waals surface area contributed by atoms with Crippen LogP contribution in [0, 0.1) is 18.7 Å². The number of amides is 3. The van der Waals surface area contributed by atoms with Gasteiger partial charge in [-0.3, -0.25) is 10.2 Å². The van der Waals surface area contributed by atoms with E-state index in [9.17, 15) is 14.0 Å². The first-order chi connectivity index (χ1) is 20.5. The van der Waals surface area contributed by atoms with Gasteiger partial charge in [0.25, 0.3) is 0 Å². The van der Waals surface area contributed by atoms with Gasteiger partial charge >= 0.3 is 12.1 Å². The van der Waals surface area contributed by atoms with E-state index in [4.69, 9.17) is 4.74 Å². The lowest BCUT2D eigenvalue weighted by Crippen LogP contribution is -2.42. The summed E-state index contributed by atoms with van der Waals surface area (Å²) in [5.41, 5.74) is 2.61. The number of carbonyl (C=O) groups is 2. The predicted octanol–water partition coefficient (Wildman–Crippen LogP) is 8.36. The molecular formula is C35H45FN4O3. The van der Waals surface area contributed by atoms with Crippen LogP contribution in [0.1, 0.15) is 58.1 Å². The zero-order valence-corrected chi connectivity index (χ0v) is 26.1. The lowest BCUT2D eigenvalue weighted by atomic mass is 9.99. The zero-order valence-electron chi connectivity index (χ0n) is 26.1. The van der Waals surface area contributed by atoms with Crippen molar-refractivity contribution < 1.29 is 18.7 Å². The number of benzene rings is 3. The predicted molar refractivity (Wildman–Crippen MR) is 171 cm³/mol. The smallest absolute Gasteiger partial charge is 0.412 e. The van der Waals surface area contributed by atoms with Crippen LogP contribution in [0.5, 0.6) is 0 Å². The van der Waals surface area contributed by atoms with Gasteiger partial charge in [-0.05, 0) is 108 Å². The molecule has 0 aliphatic carbocycles. The highest BCUT2D eigenvalue weighted by Gasteiger charge is 2.28. The van der Waals surface area contributed by atoms with Crippen LogP contribution < -0.4 is 10.2 Å². The van der Waals surface area contributed by atoms with Crippen LogP contribution in [0.2, 0.25) is 0 Å². The molecule has 230 valence electrons. The summed E-state index contributed by atoms with van der Waals surface area (Å²) in [6, 6.07) is 20.8.